The van der Waals surface area contributed by atoms with Crippen molar-refractivity contribution in [1.82, 2.24) is 10.3 Å². The van der Waals surface area contributed by atoms with Crippen LogP contribution in [0.1, 0.15) is 10.4 Å². The van der Waals surface area contributed by atoms with Gasteiger partial charge in [-0.1, -0.05) is 17.3 Å². The number of benzene rings is 1. The summed E-state index contributed by atoms with van der Waals surface area (Å²) in [7, 11) is 0. The highest BCUT2D eigenvalue weighted by atomic mass is 16.6. The summed E-state index contributed by atoms with van der Waals surface area (Å²) in [5, 5.41) is 7.12. The van der Waals surface area contributed by atoms with Crippen LogP contribution in [0.15, 0.2) is 35.1 Å². The number of hydrogen-bond donors (Lipinski definition) is 1. The van der Waals surface area contributed by atoms with E-state index < -0.39 is 5.91 Å². The molecular formula is C9H7N3O2. The van der Waals surface area contributed by atoms with E-state index in [-0.39, 0.29) is 0 Å². The number of amides is 1. The van der Waals surface area contributed by atoms with E-state index in [9.17, 15) is 4.79 Å². The fraction of sp³-hybridized carbons (Fsp3) is 0. The second-order valence-electron chi connectivity index (χ2n) is 2.74. The first-order chi connectivity index (χ1) is 6.77. The molecule has 1 aromatic carbocycles. The molecule has 2 N–H and O–H groups in total. The van der Waals surface area contributed by atoms with Gasteiger partial charge in [-0.25, -0.2) is 4.63 Å². The zero-order valence-electron chi connectivity index (χ0n) is 7.18. The van der Waals surface area contributed by atoms with Gasteiger partial charge in [0, 0.05) is 11.1 Å². The molecule has 0 atom stereocenters. The van der Waals surface area contributed by atoms with Crippen LogP contribution in [0.5, 0.6) is 0 Å². The number of rotatable bonds is 2. The maximum Gasteiger partial charge on any atom is 0.248 e. The number of primary amides is 1. The van der Waals surface area contributed by atoms with Gasteiger partial charge in [0.25, 0.3) is 0 Å². The maximum atomic E-state index is 10.9. The quantitative estimate of drug-likeness (QED) is 0.758. The Labute approximate surface area is 79.5 Å². The summed E-state index contributed by atoms with van der Waals surface area (Å²) in [4.78, 5) is 10.9. The van der Waals surface area contributed by atoms with Gasteiger partial charge in [0.05, 0.1) is 6.20 Å². The Morgan fingerprint density at radius 1 is 1.43 bits per heavy atom. The third kappa shape index (κ3) is 1.47. The highest BCUT2D eigenvalue weighted by molar-refractivity contribution is 5.93. The molecule has 0 saturated carbocycles. The fourth-order valence-electron chi connectivity index (χ4n) is 1.12. The zero-order valence-corrected chi connectivity index (χ0v) is 7.18. The lowest BCUT2D eigenvalue weighted by Gasteiger charge is -1.97. The fourth-order valence-corrected chi connectivity index (χ4v) is 1.12. The molecule has 1 heterocycles. The number of nitrogens with zero attached hydrogens (tertiary/aromatic N) is 2. The topological polar surface area (TPSA) is 82.0 Å². The monoisotopic (exact) mass is 189 g/mol. The Morgan fingerprint density at radius 3 is 2.93 bits per heavy atom. The van der Waals surface area contributed by atoms with Gasteiger partial charge < -0.3 is 5.73 Å². The lowest BCUT2D eigenvalue weighted by molar-refractivity contribution is 0.100. The number of aromatic nitrogens is 2. The standard InChI is InChI=1S/C9H7N3O2/c10-9(13)7-3-1-2-6(4-7)8-5-11-14-12-8/h1-5H,(H2,10,13). The Morgan fingerprint density at radius 2 is 2.29 bits per heavy atom. The van der Waals surface area contributed by atoms with Gasteiger partial charge in [0.15, 0.2) is 0 Å². The van der Waals surface area contributed by atoms with E-state index in [1.54, 1.807) is 24.3 Å². The van der Waals surface area contributed by atoms with Crippen molar-refractivity contribution >= 4 is 5.91 Å². The van der Waals surface area contributed by atoms with Crippen LogP contribution in [0.4, 0.5) is 0 Å². The van der Waals surface area contributed by atoms with Crippen molar-refractivity contribution in [3.05, 3.63) is 36.0 Å². The average Bonchev–Trinajstić information content (AvgIpc) is 2.71. The van der Waals surface area contributed by atoms with E-state index in [4.69, 9.17) is 5.73 Å². The van der Waals surface area contributed by atoms with Gasteiger partial charge in [0.1, 0.15) is 5.69 Å². The van der Waals surface area contributed by atoms with Crippen molar-refractivity contribution in [2.24, 2.45) is 5.73 Å². The minimum atomic E-state index is -0.469. The summed E-state index contributed by atoms with van der Waals surface area (Å²) in [5.74, 6) is -0.469. The summed E-state index contributed by atoms with van der Waals surface area (Å²) >= 11 is 0. The first kappa shape index (κ1) is 8.43. The zero-order chi connectivity index (χ0) is 9.97. The van der Waals surface area contributed by atoms with E-state index in [2.05, 4.69) is 14.9 Å². The summed E-state index contributed by atoms with van der Waals surface area (Å²) in [6, 6.07) is 6.80. The third-order valence-corrected chi connectivity index (χ3v) is 1.80. The molecule has 0 spiro atoms. The molecule has 2 aromatic rings. The molecule has 0 aliphatic carbocycles. The molecule has 0 bridgehead atoms. The molecule has 70 valence electrons. The summed E-state index contributed by atoms with van der Waals surface area (Å²) < 4.78 is 4.45. The molecule has 0 radical (unpaired) electrons. The summed E-state index contributed by atoms with van der Waals surface area (Å²) in [6.45, 7) is 0. The van der Waals surface area contributed by atoms with E-state index in [0.717, 1.165) is 5.56 Å². The second-order valence-corrected chi connectivity index (χ2v) is 2.74. The van der Waals surface area contributed by atoms with Crippen LogP contribution in [0.25, 0.3) is 11.3 Å². The van der Waals surface area contributed by atoms with Crippen LogP contribution >= 0.6 is 0 Å². The van der Waals surface area contributed by atoms with E-state index >= 15 is 0 Å². The largest absolute Gasteiger partial charge is 0.366 e. The normalized spacial score (nSPS) is 10.0. The smallest absolute Gasteiger partial charge is 0.248 e. The molecule has 0 aliphatic heterocycles. The van der Waals surface area contributed by atoms with Crippen LogP contribution < -0.4 is 5.73 Å². The van der Waals surface area contributed by atoms with E-state index in [1.165, 1.54) is 6.20 Å². The van der Waals surface area contributed by atoms with Gasteiger partial charge in [-0.2, -0.15) is 0 Å². The molecular weight excluding hydrogens is 182 g/mol. The maximum absolute atomic E-state index is 10.9. The lowest BCUT2D eigenvalue weighted by Crippen LogP contribution is -2.10. The molecule has 1 amide bonds. The molecule has 0 aliphatic rings. The van der Waals surface area contributed by atoms with Crippen LogP contribution in [0.2, 0.25) is 0 Å². The van der Waals surface area contributed by atoms with Gasteiger partial charge in [-0.05, 0) is 17.3 Å². The molecule has 5 heteroatoms. The first-order valence-corrected chi connectivity index (χ1v) is 3.95. The minimum absolute atomic E-state index is 0.436. The van der Waals surface area contributed by atoms with E-state index in [1.807, 2.05) is 0 Å². The average molecular weight is 189 g/mol. The van der Waals surface area contributed by atoms with Crippen LogP contribution in [0, 0.1) is 0 Å². The van der Waals surface area contributed by atoms with Crippen molar-refractivity contribution in [3.8, 4) is 11.3 Å². The van der Waals surface area contributed by atoms with E-state index in [0.29, 0.717) is 11.3 Å². The minimum Gasteiger partial charge on any atom is -0.366 e. The predicted octanol–water partition coefficient (Wildman–Crippen LogP) is 0.836. The highest BCUT2D eigenvalue weighted by Crippen LogP contribution is 2.16. The van der Waals surface area contributed by atoms with Crippen molar-refractivity contribution in [2.45, 2.75) is 0 Å². The van der Waals surface area contributed by atoms with Crippen LogP contribution in [0.3, 0.4) is 0 Å². The SMILES string of the molecule is NC(=O)c1cccc(-c2cnon2)c1. The van der Waals surface area contributed by atoms with Crippen molar-refractivity contribution < 1.29 is 9.42 Å². The van der Waals surface area contributed by atoms with Crippen molar-refractivity contribution in [1.29, 1.82) is 0 Å². The molecule has 1 aromatic heterocycles. The Hall–Kier alpha value is -2.17. The van der Waals surface area contributed by atoms with Gasteiger partial charge in [-0.15, -0.1) is 0 Å². The number of carbonyl (C=O) groups excluding carboxylic acids is 1. The molecule has 2 rings (SSSR count). The molecule has 14 heavy (non-hydrogen) atoms. The number of nitrogens with two attached hydrogens (primary N) is 1. The van der Waals surface area contributed by atoms with Gasteiger partial charge in [0.2, 0.25) is 5.91 Å². The highest BCUT2D eigenvalue weighted by Gasteiger charge is 2.05. The second kappa shape index (κ2) is 3.29. The Bertz CT molecular complexity index is 451. The Balaban J connectivity index is 2.46. The number of carbonyl (C=O) groups is 1. The van der Waals surface area contributed by atoms with Crippen LogP contribution in [-0.2, 0) is 0 Å². The number of hydrogen-bond acceptors (Lipinski definition) is 4. The lowest BCUT2D eigenvalue weighted by atomic mass is 10.1. The molecule has 0 saturated heterocycles. The van der Waals surface area contributed by atoms with Crippen molar-refractivity contribution in [3.63, 3.8) is 0 Å². The third-order valence-electron chi connectivity index (χ3n) is 1.80. The van der Waals surface area contributed by atoms with Crippen molar-refractivity contribution in [2.75, 3.05) is 0 Å². The Kier molecular flexibility index (Phi) is 1.98. The summed E-state index contributed by atoms with van der Waals surface area (Å²) in [6.07, 6.45) is 1.47. The first-order valence-electron chi connectivity index (χ1n) is 3.95. The summed E-state index contributed by atoms with van der Waals surface area (Å²) in [5.41, 5.74) is 6.90. The predicted molar refractivity (Wildman–Crippen MR) is 48.3 cm³/mol. The van der Waals surface area contributed by atoms with Crippen LogP contribution in [-0.4, -0.2) is 16.2 Å². The molecule has 5 nitrogen and oxygen atoms in total. The molecule has 0 unspecified atom stereocenters. The van der Waals surface area contributed by atoms with Gasteiger partial charge >= 0.3 is 0 Å². The molecule has 0 fully saturated rings. The van der Waals surface area contributed by atoms with Gasteiger partial charge in [-0.3, -0.25) is 4.79 Å².